The van der Waals surface area contributed by atoms with Crippen molar-refractivity contribution in [2.45, 2.75) is 0 Å². The molecule has 4 amide bonds. The van der Waals surface area contributed by atoms with Gasteiger partial charge in [0, 0.05) is 28.5 Å². The summed E-state index contributed by atoms with van der Waals surface area (Å²) in [6.07, 6.45) is 1.82. The molecule has 0 radical (unpaired) electrons. The van der Waals surface area contributed by atoms with Gasteiger partial charge in [-0.25, -0.2) is 4.79 Å². The minimum absolute atomic E-state index is 0.256. The summed E-state index contributed by atoms with van der Waals surface area (Å²) in [5.74, 6) is -0.886. The molecule has 24 heavy (non-hydrogen) atoms. The van der Waals surface area contributed by atoms with Crippen LogP contribution < -0.4 is 16.0 Å². The molecule has 2 aromatic carbocycles. The van der Waals surface area contributed by atoms with Crippen LogP contribution in [0.3, 0.4) is 0 Å². The van der Waals surface area contributed by atoms with E-state index in [1.807, 2.05) is 24.4 Å². The van der Waals surface area contributed by atoms with E-state index in [2.05, 4.69) is 20.9 Å². The number of carbonyl (C=O) groups excluding carboxylic acids is 3. The van der Waals surface area contributed by atoms with Crippen LogP contribution in [-0.2, 0) is 0 Å². The maximum atomic E-state index is 12.1. The predicted octanol–water partition coefficient (Wildman–Crippen LogP) is 2.70. The number of aromatic amines is 1. The Morgan fingerprint density at radius 2 is 1.54 bits per heavy atom. The Bertz CT molecular complexity index is 1010. The van der Waals surface area contributed by atoms with Gasteiger partial charge in [0.05, 0.1) is 11.1 Å². The van der Waals surface area contributed by atoms with Gasteiger partial charge < -0.3 is 15.6 Å². The number of urea groups is 1. The number of benzene rings is 2. The fourth-order valence-corrected chi connectivity index (χ4v) is 2.67. The minimum atomic E-state index is -0.461. The Morgan fingerprint density at radius 1 is 0.833 bits per heavy atom. The number of anilines is 2. The Balaban J connectivity index is 1.51. The molecule has 0 spiro atoms. The van der Waals surface area contributed by atoms with Gasteiger partial charge in [-0.15, -0.1) is 0 Å². The average molecular weight is 320 g/mol. The molecule has 7 heteroatoms. The summed E-state index contributed by atoms with van der Waals surface area (Å²) < 4.78 is 0. The standard InChI is InChI=1S/C17H12N4O3/c22-15-12-3-1-11(8-13(12)16(23)21-15)20-17(24)19-10-2-4-14-9(7-10)5-6-18-14/h1-8,18H,(H2,19,20,24)(H,21,22,23). The number of aromatic nitrogens is 1. The van der Waals surface area contributed by atoms with Crippen LogP contribution in [0.4, 0.5) is 16.2 Å². The van der Waals surface area contributed by atoms with Crippen LogP contribution in [0.1, 0.15) is 20.7 Å². The maximum absolute atomic E-state index is 12.1. The van der Waals surface area contributed by atoms with Crippen molar-refractivity contribution in [1.82, 2.24) is 10.3 Å². The van der Waals surface area contributed by atoms with Gasteiger partial charge in [0.15, 0.2) is 0 Å². The molecule has 0 saturated heterocycles. The van der Waals surface area contributed by atoms with E-state index in [-0.39, 0.29) is 5.56 Å². The van der Waals surface area contributed by atoms with Gasteiger partial charge >= 0.3 is 6.03 Å². The Kier molecular flexibility index (Phi) is 3.06. The Hall–Kier alpha value is -3.61. The van der Waals surface area contributed by atoms with Crippen molar-refractivity contribution in [3.8, 4) is 0 Å². The molecule has 118 valence electrons. The van der Waals surface area contributed by atoms with E-state index in [9.17, 15) is 14.4 Å². The quantitative estimate of drug-likeness (QED) is 0.546. The average Bonchev–Trinajstić information content (AvgIpc) is 3.12. The molecular weight excluding hydrogens is 308 g/mol. The Labute approximate surface area is 136 Å². The van der Waals surface area contributed by atoms with Crippen LogP contribution in [0.15, 0.2) is 48.7 Å². The van der Waals surface area contributed by atoms with Gasteiger partial charge in [-0.1, -0.05) is 0 Å². The van der Waals surface area contributed by atoms with E-state index in [0.29, 0.717) is 16.9 Å². The number of nitrogens with one attached hydrogen (secondary N) is 4. The van der Waals surface area contributed by atoms with E-state index in [4.69, 9.17) is 0 Å². The smallest absolute Gasteiger partial charge is 0.323 e. The number of fused-ring (bicyclic) bond motifs is 2. The van der Waals surface area contributed by atoms with Crippen LogP contribution in [0.5, 0.6) is 0 Å². The fourth-order valence-electron chi connectivity index (χ4n) is 2.67. The predicted molar refractivity (Wildman–Crippen MR) is 89.2 cm³/mol. The molecule has 0 unspecified atom stereocenters. The summed E-state index contributed by atoms with van der Waals surface area (Å²) in [5.41, 5.74) is 2.62. The topological polar surface area (TPSA) is 103 Å². The normalized spacial score (nSPS) is 12.8. The van der Waals surface area contributed by atoms with E-state index in [0.717, 1.165) is 10.9 Å². The number of hydrogen-bond acceptors (Lipinski definition) is 3. The fraction of sp³-hybridized carbons (Fsp3) is 0. The number of carbonyl (C=O) groups is 3. The number of amides is 4. The summed E-state index contributed by atoms with van der Waals surface area (Å²) in [6, 6.07) is 11.5. The minimum Gasteiger partial charge on any atom is -0.361 e. The SMILES string of the molecule is O=C(Nc1ccc2c(c1)C(=O)NC2=O)Nc1ccc2[nH]ccc2c1. The monoisotopic (exact) mass is 320 g/mol. The number of imide groups is 1. The first-order chi connectivity index (χ1) is 11.6. The lowest BCUT2D eigenvalue weighted by molar-refractivity contribution is 0.0879. The first-order valence-corrected chi connectivity index (χ1v) is 7.25. The van der Waals surface area contributed by atoms with Crippen molar-refractivity contribution >= 4 is 40.1 Å². The second-order valence-corrected chi connectivity index (χ2v) is 5.40. The molecule has 0 atom stereocenters. The lowest BCUT2D eigenvalue weighted by Gasteiger charge is -2.08. The molecular formula is C17H12N4O3. The second kappa shape index (κ2) is 5.24. The van der Waals surface area contributed by atoms with Gasteiger partial charge in [0.25, 0.3) is 11.8 Å². The molecule has 0 bridgehead atoms. The first kappa shape index (κ1) is 14.0. The van der Waals surface area contributed by atoms with Crippen LogP contribution in [0, 0.1) is 0 Å². The largest absolute Gasteiger partial charge is 0.361 e. The van der Waals surface area contributed by atoms with Gasteiger partial charge in [-0.05, 0) is 42.5 Å². The third kappa shape index (κ3) is 2.38. The molecule has 3 aromatic rings. The highest BCUT2D eigenvalue weighted by Crippen LogP contribution is 2.21. The summed E-state index contributed by atoms with van der Waals surface area (Å²) in [7, 11) is 0. The van der Waals surface area contributed by atoms with E-state index in [1.54, 1.807) is 12.1 Å². The van der Waals surface area contributed by atoms with Crippen LogP contribution >= 0.6 is 0 Å². The van der Waals surface area contributed by atoms with Crippen molar-refractivity contribution in [3.63, 3.8) is 0 Å². The van der Waals surface area contributed by atoms with E-state index in [1.165, 1.54) is 12.1 Å². The van der Waals surface area contributed by atoms with E-state index >= 15 is 0 Å². The summed E-state index contributed by atoms with van der Waals surface area (Å²) in [5, 5.41) is 8.57. The third-order valence-corrected chi connectivity index (χ3v) is 3.80. The highest BCUT2D eigenvalue weighted by molar-refractivity contribution is 6.22. The number of hydrogen-bond donors (Lipinski definition) is 4. The van der Waals surface area contributed by atoms with Crippen LogP contribution in [-0.4, -0.2) is 22.8 Å². The highest BCUT2D eigenvalue weighted by atomic mass is 16.2. The molecule has 7 nitrogen and oxygen atoms in total. The summed E-state index contributed by atoms with van der Waals surface area (Å²) in [6.45, 7) is 0. The Morgan fingerprint density at radius 3 is 2.38 bits per heavy atom. The van der Waals surface area contributed by atoms with Crippen molar-refractivity contribution in [1.29, 1.82) is 0 Å². The molecule has 2 heterocycles. The number of rotatable bonds is 2. The van der Waals surface area contributed by atoms with Gasteiger partial charge in [0.1, 0.15) is 0 Å². The zero-order chi connectivity index (χ0) is 16.7. The molecule has 1 aliphatic heterocycles. The van der Waals surface area contributed by atoms with Crippen LogP contribution in [0.2, 0.25) is 0 Å². The molecule has 0 aliphatic carbocycles. The third-order valence-electron chi connectivity index (χ3n) is 3.80. The summed E-state index contributed by atoms with van der Waals surface area (Å²) >= 11 is 0. The molecule has 1 aromatic heterocycles. The molecule has 4 rings (SSSR count). The van der Waals surface area contributed by atoms with Gasteiger partial charge in [0.2, 0.25) is 0 Å². The lowest BCUT2D eigenvalue weighted by Crippen LogP contribution is -2.20. The van der Waals surface area contributed by atoms with E-state index < -0.39 is 17.8 Å². The highest BCUT2D eigenvalue weighted by Gasteiger charge is 2.26. The lowest BCUT2D eigenvalue weighted by atomic mass is 10.1. The van der Waals surface area contributed by atoms with Crippen molar-refractivity contribution < 1.29 is 14.4 Å². The zero-order valence-electron chi connectivity index (χ0n) is 12.3. The van der Waals surface area contributed by atoms with Gasteiger partial charge in [-0.2, -0.15) is 0 Å². The van der Waals surface area contributed by atoms with Crippen molar-refractivity contribution in [2.75, 3.05) is 10.6 Å². The van der Waals surface area contributed by atoms with Crippen molar-refractivity contribution in [3.05, 3.63) is 59.8 Å². The molecule has 0 saturated carbocycles. The van der Waals surface area contributed by atoms with Crippen LogP contribution in [0.25, 0.3) is 10.9 Å². The van der Waals surface area contributed by atoms with Gasteiger partial charge in [-0.3, -0.25) is 14.9 Å². The molecule has 4 N–H and O–H groups in total. The summed E-state index contributed by atoms with van der Waals surface area (Å²) in [4.78, 5) is 38.3. The molecule has 1 aliphatic rings. The zero-order valence-corrected chi connectivity index (χ0v) is 12.3. The number of H-pyrrole nitrogens is 1. The van der Waals surface area contributed by atoms with Crippen molar-refractivity contribution in [2.24, 2.45) is 0 Å². The molecule has 0 fully saturated rings. The first-order valence-electron chi connectivity index (χ1n) is 7.25. The maximum Gasteiger partial charge on any atom is 0.323 e. The second-order valence-electron chi connectivity index (χ2n) is 5.40.